The summed E-state index contributed by atoms with van der Waals surface area (Å²) in [6, 6.07) is 7.43. The average Bonchev–Trinajstić information content (AvgIpc) is 3.10. The third-order valence-corrected chi connectivity index (χ3v) is 4.07. The van der Waals surface area contributed by atoms with Gasteiger partial charge >= 0.3 is 0 Å². The van der Waals surface area contributed by atoms with Crippen LogP contribution in [-0.2, 0) is 14.3 Å². The number of carbonyl (C=O) groups is 2. The van der Waals surface area contributed by atoms with Crippen LogP contribution in [0.1, 0.15) is 48.0 Å². The maximum atomic E-state index is 12.0. The number of nitrogens with one attached hydrogen (secondary N) is 1. The van der Waals surface area contributed by atoms with Crippen LogP contribution in [0.2, 0.25) is 0 Å². The van der Waals surface area contributed by atoms with Gasteiger partial charge in [-0.25, -0.2) is 0 Å². The van der Waals surface area contributed by atoms with Gasteiger partial charge in [0.25, 0.3) is 0 Å². The van der Waals surface area contributed by atoms with E-state index >= 15 is 0 Å². The third kappa shape index (κ3) is 6.81. The maximum Gasteiger partial charge on any atom is 0.220 e. The van der Waals surface area contributed by atoms with Gasteiger partial charge < -0.3 is 14.8 Å². The van der Waals surface area contributed by atoms with Crippen molar-refractivity contribution in [2.24, 2.45) is 0 Å². The van der Waals surface area contributed by atoms with E-state index in [9.17, 15) is 9.59 Å². The van der Waals surface area contributed by atoms with Crippen molar-refractivity contribution in [3.63, 3.8) is 0 Å². The zero-order chi connectivity index (χ0) is 17.2. The fourth-order valence-electron chi connectivity index (χ4n) is 2.59. The summed E-state index contributed by atoms with van der Waals surface area (Å²) in [4.78, 5) is 23.7. The average molecular weight is 333 g/mol. The molecule has 2 rings (SSSR count). The number of Topliss-reactive ketones (excluding diaryl/α,β-unsaturated/α-hetero) is 1. The summed E-state index contributed by atoms with van der Waals surface area (Å²) in [5.41, 5.74) is 1.78. The Morgan fingerprint density at radius 2 is 2.04 bits per heavy atom. The topological polar surface area (TPSA) is 64.6 Å². The van der Waals surface area contributed by atoms with Gasteiger partial charge in [-0.05, 0) is 26.2 Å². The summed E-state index contributed by atoms with van der Waals surface area (Å²) in [7, 11) is 0. The number of ketones is 1. The minimum Gasteiger partial charge on any atom is -0.379 e. The van der Waals surface area contributed by atoms with Crippen LogP contribution in [0.4, 0.5) is 0 Å². The second-order valence-corrected chi connectivity index (χ2v) is 6.20. The van der Waals surface area contributed by atoms with Crippen LogP contribution in [0.25, 0.3) is 0 Å². The molecule has 0 aliphatic carbocycles. The molecule has 1 heterocycles. The molecule has 0 radical (unpaired) electrons. The summed E-state index contributed by atoms with van der Waals surface area (Å²) in [5.74, 6) is -0.0837. The van der Waals surface area contributed by atoms with Crippen LogP contribution in [0.15, 0.2) is 24.3 Å². The molecule has 1 unspecified atom stereocenters. The molecule has 1 aliphatic rings. The lowest BCUT2D eigenvalue weighted by molar-refractivity contribution is -0.121. The van der Waals surface area contributed by atoms with E-state index in [4.69, 9.17) is 9.47 Å². The van der Waals surface area contributed by atoms with Crippen molar-refractivity contribution >= 4 is 11.7 Å². The van der Waals surface area contributed by atoms with Crippen LogP contribution < -0.4 is 5.32 Å². The molecule has 1 aliphatic heterocycles. The fraction of sp³-hybridized carbons (Fsp3) is 0.579. The van der Waals surface area contributed by atoms with Gasteiger partial charge in [-0.1, -0.05) is 29.8 Å². The highest BCUT2D eigenvalue weighted by atomic mass is 16.5. The van der Waals surface area contributed by atoms with Crippen molar-refractivity contribution in [1.29, 1.82) is 0 Å². The highest BCUT2D eigenvalue weighted by Crippen LogP contribution is 2.11. The SMILES string of the molecule is Cc1ccc(C(=O)CCC(=O)NCCCOCC2CCCO2)cc1. The minimum atomic E-state index is -0.0883. The number of aryl methyl sites for hydroxylation is 1. The van der Waals surface area contributed by atoms with Crippen LogP contribution in [0.3, 0.4) is 0 Å². The first-order valence-corrected chi connectivity index (χ1v) is 8.71. The maximum absolute atomic E-state index is 12.0. The quantitative estimate of drug-likeness (QED) is 0.528. The van der Waals surface area contributed by atoms with E-state index in [2.05, 4.69) is 5.32 Å². The highest BCUT2D eigenvalue weighted by Gasteiger charge is 2.15. The molecule has 0 spiro atoms. The Hall–Kier alpha value is -1.72. The molecule has 1 aromatic rings. The van der Waals surface area contributed by atoms with Crippen LogP contribution in [0, 0.1) is 6.92 Å². The summed E-state index contributed by atoms with van der Waals surface area (Å²) < 4.78 is 11.0. The Bertz CT molecular complexity index is 521. The second kappa shape index (κ2) is 10.2. The van der Waals surface area contributed by atoms with Crippen molar-refractivity contribution in [3.05, 3.63) is 35.4 Å². The van der Waals surface area contributed by atoms with Crippen molar-refractivity contribution in [1.82, 2.24) is 5.32 Å². The molecular weight excluding hydrogens is 306 g/mol. The van der Waals surface area contributed by atoms with Gasteiger partial charge in [0.05, 0.1) is 12.7 Å². The molecule has 132 valence electrons. The molecule has 0 saturated carbocycles. The molecular formula is C19H27NO4. The Morgan fingerprint density at radius 3 is 2.75 bits per heavy atom. The molecule has 1 N–H and O–H groups in total. The van der Waals surface area contributed by atoms with Crippen molar-refractivity contribution in [3.8, 4) is 0 Å². The second-order valence-electron chi connectivity index (χ2n) is 6.20. The minimum absolute atomic E-state index is 0.00467. The van der Waals surface area contributed by atoms with Crippen LogP contribution in [-0.4, -0.2) is 44.2 Å². The lowest BCUT2D eigenvalue weighted by Gasteiger charge is -2.10. The van der Waals surface area contributed by atoms with Crippen molar-refractivity contribution in [2.45, 2.75) is 45.1 Å². The van der Waals surface area contributed by atoms with Gasteiger partial charge in [0.2, 0.25) is 5.91 Å². The Morgan fingerprint density at radius 1 is 1.25 bits per heavy atom. The lowest BCUT2D eigenvalue weighted by atomic mass is 10.1. The largest absolute Gasteiger partial charge is 0.379 e. The molecule has 1 fully saturated rings. The highest BCUT2D eigenvalue weighted by molar-refractivity contribution is 5.97. The molecule has 24 heavy (non-hydrogen) atoms. The van der Waals surface area contributed by atoms with Gasteiger partial charge in [-0.15, -0.1) is 0 Å². The number of amides is 1. The zero-order valence-corrected chi connectivity index (χ0v) is 14.4. The zero-order valence-electron chi connectivity index (χ0n) is 14.4. The molecule has 1 atom stereocenters. The Balaban J connectivity index is 1.50. The van der Waals surface area contributed by atoms with Crippen molar-refractivity contribution < 1.29 is 19.1 Å². The van der Waals surface area contributed by atoms with Gasteiger partial charge in [0.1, 0.15) is 0 Å². The van der Waals surface area contributed by atoms with Gasteiger partial charge in [-0.3, -0.25) is 9.59 Å². The van der Waals surface area contributed by atoms with E-state index in [-0.39, 0.29) is 30.6 Å². The van der Waals surface area contributed by atoms with E-state index < -0.39 is 0 Å². The number of hydrogen-bond donors (Lipinski definition) is 1. The number of hydrogen-bond acceptors (Lipinski definition) is 4. The molecule has 5 heteroatoms. The first-order valence-electron chi connectivity index (χ1n) is 8.71. The van der Waals surface area contributed by atoms with Crippen LogP contribution >= 0.6 is 0 Å². The first-order chi connectivity index (χ1) is 11.6. The molecule has 1 aromatic carbocycles. The predicted molar refractivity (Wildman–Crippen MR) is 92.2 cm³/mol. The fourth-order valence-corrected chi connectivity index (χ4v) is 2.59. The Labute approximate surface area is 143 Å². The molecule has 5 nitrogen and oxygen atoms in total. The summed E-state index contributed by atoms with van der Waals surface area (Å²) >= 11 is 0. The van der Waals surface area contributed by atoms with E-state index in [1.165, 1.54) is 0 Å². The molecule has 1 saturated heterocycles. The van der Waals surface area contributed by atoms with Gasteiger partial charge in [0.15, 0.2) is 5.78 Å². The number of benzene rings is 1. The lowest BCUT2D eigenvalue weighted by Crippen LogP contribution is -2.26. The Kier molecular flexibility index (Phi) is 7.92. The monoisotopic (exact) mass is 333 g/mol. The van der Waals surface area contributed by atoms with E-state index in [0.717, 1.165) is 31.4 Å². The van der Waals surface area contributed by atoms with Gasteiger partial charge in [-0.2, -0.15) is 0 Å². The standard InChI is InChI=1S/C19H27NO4/c1-15-5-7-16(8-6-15)18(21)9-10-19(22)20-11-3-12-23-14-17-4-2-13-24-17/h5-8,17H,2-4,9-14H2,1H3,(H,20,22). The van der Waals surface area contributed by atoms with E-state index in [1.54, 1.807) is 12.1 Å². The van der Waals surface area contributed by atoms with E-state index in [0.29, 0.717) is 25.3 Å². The summed E-state index contributed by atoms with van der Waals surface area (Å²) in [6.07, 6.45) is 3.67. The number of ether oxygens (including phenoxy) is 2. The summed E-state index contributed by atoms with van der Waals surface area (Å²) in [6.45, 7) is 4.64. The van der Waals surface area contributed by atoms with E-state index in [1.807, 2.05) is 19.1 Å². The smallest absolute Gasteiger partial charge is 0.220 e. The van der Waals surface area contributed by atoms with Crippen LogP contribution in [0.5, 0.6) is 0 Å². The van der Waals surface area contributed by atoms with Gasteiger partial charge in [0, 0.05) is 38.2 Å². The molecule has 0 aromatic heterocycles. The normalized spacial score (nSPS) is 17.0. The molecule has 1 amide bonds. The van der Waals surface area contributed by atoms with Crippen molar-refractivity contribution in [2.75, 3.05) is 26.4 Å². The first kappa shape index (κ1) is 18.6. The number of carbonyl (C=O) groups excluding carboxylic acids is 2. The number of rotatable bonds is 10. The predicted octanol–water partition coefficient (Wildman–Crippen LogP) is 2.66. The third-order valence-electron chi connectivity index (χ3n) is 4.07. The molecule has 0 bridgehead atoms. The summed E-state index contributed by atoms with van der Waals surface area (Å²) in [5, 5.41) is 2.82.